The van der Waals surface area contributed by atoms with Gasteiger partial charge in [-0.25, -0.2) is 0 Å². The Balaban J connectivity index is 2.13. The van der Waals surface area contributed by atoms with Crippen LogP contribution in [0.25, 0.3) is 10.8 Å². The van der Waals surface area contributed by atoms with Crippen LogP contribution in [0.5, 0.6) is 5.75 Å². The van der Waals surface area contributed by atoms with E-state index in [0.29, 0.717) is 16.8 Å². The van der Waals surface area contributed by atoms with E-state index in [2.05, 4.69) is 15.3 Å². The van der Waals surface area contributed by atoms with Crippen LogP contribution < -0.4 is 0 Å². The number of aromatic hydroxyl groups is 1. The molecule has 0 aliphatic rings. The maximum atomic E-state index is 10.1. The quantitative estimate of drug-likeness (QED) is 0.576. The fourth-order valence-corrected chi connectivity index (χ4v) is 2.41. The lowest BCUT2D eigenvalue weighted by molar-refractivity contribution is 0.475. The lowest BCUT2D eigenvalue weighted by Gasteiger charge is -2.04. The average Bonchev–Trinajstić information content (AvgIpc) is 2.86. The topological polar surface area (TPSA) is 66.2 Å². The first-order valence-electron chi connectivity index (χ1n) is 6.62. The molecule has 0 saturated carbocycles. The van der Waals surface area contributed by atoms with Crippen LogP contribution in [-0.4, -0.2) is 26.2 Å². The molecule has 0 saturated heterocycles. The number of nitrogens with one attached hydrogen (secondary N) is 1. The second-order valence-electron chi connectivity index (χ2n) is 4.57. The molecule has 0 amide bonds. The van der Waals surface area contributed by atoms with Gasteiger partial charge in [-0.1, -0.05) is 37.3 Å². The van der Waals surface area contributed by atoms with Gasteiger partial charge in [-0.05, 0) is 29.1 Å². The number of benzene rings is 2. The molecule has 5 nitrogen and oxygen atoms in total. The van der Waals surface area contributed by atoms with Crippen molar-refractivity contribution in [1.82, 2.24) is 14.9 Å². The van der Waals surface area contributed by atoms with Gasteiger partial charge in [0.25, 0.3) is 0 Å². The van der Waals surface area contributed by atoms with Gasteiger partial charge >= 0.3 is 0 Å². The summed E-state index contributed by atoms with van der Waals surface area (Å²) in [6.45, 7) is 1.98. The van der Waals surface area contributed by atoms with Crippen molar-refractivity contribution < 1.29 is 5.11 Å². The Morgan fingerprint density at radius 2 is 2.14 bits per heavy atom. The molecular formula is C15H14N4OS. The summed E-state index contributed by atoms with van der Waals surface area (Å²) in [4.78, 5) is 0. The number of phenols is 1. The molecule has 6 heteroatoms. The van der Waals surface area contributed by atoms with E-state index in [1.165, 1.54) is 0 Å². The van der Waals surface area contributed by atoms with Crippen molar-refractivity contribution in [3.63, 3.8) is 0 Å². The second kappa shape index (κ2) is 5.49. The van der Waals surface area contributed by atoms with E-state index >= 15 is 0 Å². The molecule has 21 heavy (non-hydrogen) atoms. The maximum Gasteiger partial charge on any atom is 0.216 e. The summed E-state index contributed by atoms with van der Waals surface area (Å²) in [6, 6.07) is 11.4. The molecule has 3 aromatic rings. The summed E-state index contributed by atoms with van der Waals surface area (Å²) in [5.41, 5.74) is 0.665. The molecule has 106 valence electrons. The zero-order chi connectivity index (χ0) is 14.8. The van der Waals surface area contributed by atoms with Crippen molar-refractivity contribution in [3.05, 3.63) is 52.6 Å². The van der Waals surface area contributed by atoms with Gasteiger partial charge in [0.2, 0.25) is 4.77 Å². The van der Waals surface area contributed by atoms with Gasteiger partial charge < -0.3 is 5.11 Å². The van der Waals surface area contributed by atoms with Gasteiger partial charge in [-0.2, -0.15) is 14.9 Å². The monoisotopic (exact) mass is 298 g/mol. The molecule has 0 aliphatic carbocycles. The summed E-state index contributed by atoms with van der Waals surface area (Å²) < 4.78 is 2.00. The van der Waals surface area contributed by atoms with Crippen molar-refractivity contribution in [1.29, 1.82) is 0 Å². The van der Waals surface area contributed by atoms with Crippen LogP contribution in [-0.2, 0) is 6.42 Å². The second-order valence-corrected chi connectivity index (χ2v) is 4.96. The Bertz CT molecular complexity index is 879. The third-order valence-corrected chi connectivity index (χ3v) is 3.55. The Morgan fingerprint density at radius 3 is 2.95 bits per heavy atom. The molecule has 1 aromatic heterocycles. The van der Waals surface area contributed by atoms with Gasteiger partial charge in [0.05, 0.1) is 6.21 Å². The van der Waals surface area contributed by atoms with Crippen LogP contribution in [0.3, 0.4) is 0 Å². The van der Waals surface area contributed by atoms with Crippen molar-refractivity contribution in [2.45, 2.75) is 13.3 Å². The molecule has 2 aromatic carbocycles. The highest BCUT2D eigenvalue weighted by Crippen LogP contribution is 2.25. The van der Waals surface area contributed by atoms with Crippen molar-refractivity contribution in [2.24, 2.45) is 5.10 Å². The van der Waals surface area contributed by atoms with E-state index in [9.17, 15) is 5.11 Å². The normalized spacial score (nSPS) is 11.5. The first-order chi connectivity index (χ1) is 10.2. The van der Waals surface area contributed by atoms with Crippen molar-refractivity contribution >= 4 is 29.2 Å². The lowest BCUT2D eigenvalue weighted by Crippen LogP contribution is -1.97. The number of aryl methyl sites for hydroxylation is 1. The largest absolute Gasteiger partial charge is 0.507 e. The molecule has 1 heterocycles. The van der Waals surface area contributed by atoms with Gasteiger partial charge in [0.15, 0.2) is 5.82 Å². The molecule has 3 rings (SSSR count). The van der Waals surface area contributed by atoms with Crippen molar-refractivity contribution in [2.75, 3.05) is 0 Å². The number of H-pyrrole nitrogens is 1. The molecule has 0 bridgehead atoms. The summed E-state index contributed by atoms with van der Waals surface area (Å²) in [5, 5.41) is 23.2. The zero-order valence-corrected chi connectivity index (χ0v) is 12.3. The summed E-state index contributed by atoms with van der Waals surface area (Å²) in [6.07, 6.45) is 2.33. The van der Waals surface area contributed by atoms with E-state index in [1.807, 2.05) is 37.3 Å². The number of nitrogens with zero attached hydrogens (tertiary/aromatic N) is 3. The number of aromatic amines is 1. The molecule has 0 unspecified atom stereocenters. The smallest absolute Gasteiger partial charge is 0.216 e. The van der Waals surface area contributed by atoms with Gasteiger partial charge in [0.1, 0.15) is 5.75 Å². The summed E-state index contributed by atoms with van der Waals surface area (Å²) >= 11 is 5.15. The van der Waals surface area contributed by atoms with Crippen LogP contribution in [0.1, 0.15) is 18.3 Å². The molecule has 0 radical (unpaired) electrons. The highest BCUT2D eigenvalue weighted by Gasteiger charge is 2.06. The zero-order valence-electron chi connectivity index (χ0n) is 11.4. The minimum absolute atomic E-state index is 0.186. The molecule has 0 spiro atoms. The molecule has 0 atom stereocenters. The van der Waals surface area contributed by atoms with Crippen molar-refractivity contribution in [3.8, 4) is 5.75 Å². The number of fused-ring (bicyclic) bond motifs is 1. The predicted molar refractivity (Wildman–Crippen MR) is 85.4 cm³/mol. The van der Waals surface area contributed by atoms with E-state index in [1.54, 1.807) is 17.0 Å². The number of phenolic OH excluding ortho intramolecular Hbond substituents is 1. The fourth-order valence-electron chi connectivity index (χ4n) is 2.21. The minimum atomic E-state index is 0.186. The third kappa shape index (κ3) is 2.45. The number of hydrogen-bond acceptors (Lipinski definition) is 4. The molecule has 0 aliphatic heterocycles. The Labute approximate surface area is 126 Å². The minimum Gasteiger partial charge on any atom is -0.507 e. The molecular weight excluding hydrogens is 284 g/mol. The van der Waals surface area contributed by atoms with Gasteiger partial charge in [0, 0.05) is 12.0 Å². The predicted octanol–water partition coefficient (Wildman–Crippen LogP) is 3.24. The van der Waals surface area contributed by atoms with Gasteiger partial charge in [-0.3, -0.25) is 5.10 Å². The number of aromatic nitrogens is 3. The highest BCUT2D eigenvalue weighted by molar-refractivity contribution is 7.71. The summed E-state index contributed by atoms with van der Waals surface area (Å²) in [7, 11) is 0. The van der Waals surface area contributed by atoms with E-state index in [0.717, 1.165) is 16.6 Å². The third-order valence-electron chi connectivity index (χ3n) is 3.28. The highest BCUT2D eigenvalue weighted by atomic mass is 32.1. The Hall–Kier alpha value is -2.47. The van der Waals surface area contributed by atoms with E-state index < -0.39 is 0 Å². The number of rotatable bonds is 3. The van der Waals surface area contributed by atoms with Crippen LogP contribution in [0.4, 0.5) is 0 Å². The van der Waals surface area contributed by atoms with E-state index in [4.69, 9.17) is 12.2 Å². The van der Waals surface area contributed by atoms with Crippen LogP contribution in [0.2, 0.25) is 0 Å². The van der Waals surface area contributed by atoms with Gasteiger partial charge in [-0.15, -0.1) is 0 Å². The van der Waals surface area contributed by atoms with Crippen LogP contribution in [0.15, 0.2) is 41.5 Å². The SMILES string of the molecule is CCc1n[nH]c(=S)n1/N=C\c1c(O)ccc2ccccc12. The fraction of sp³-hybridized carbons (Fsp3) is 0.133. The molecule has 2 N–H and O–H groups in total. The molecule has 0 fully saturated rings. The number of hydrogen-bond donors (Lipinski definition) is 2. The Kier molecular flexibility index (Phi) is 3.53. The Morgan fingerprint density at radius 1 is 1.33 bits per heavy atom. The van der Waals surface area contributed by atoms with E-state index in [-0.39, 0.29) is 5.75 Å². The average molecular weight is 298 g/mol. The maximum absolute atomic E-state index is 10.1. The lowest BCUT2D eigenvalue weighted by atomic mass is 10.0. The summed E-state index contributed by atoms with van der Waals surface area (Å²) in [5.74, 6) is 0.932. The first-order valence-corrected chi connectivity index (χ1v) is 7.03. The standard InChI is InChI=1S/C15H14N4OS/c1-2-14-17-18-15(21)19(14)16-9-12-11-6-4-3-5-10(11)7-8-13(12)20/h3-9,20H,2H2,1H3,(H,18,21)/b16-9-. The van der Waals surface area contributed by atoms with Crippen LogP contribution >= 0.6 is 12.2 Å². The first kappa shape index (κ1) is 13.5. The van der Waals surface area contributed by atoms with Crippen LogP contribution in [0, 0.1) is 4.77 Å².